The van der Waals surface area contributed by atoms with Crippen LogP contribution in [0, 0.1) is 5.41 Å². The van der Waals surface area contributed by atoms with Crippen molar-refractivity contribution < 1.29 is 9.59 Å². The summed E-state index contributed by atoms with van der Waals surface area (Å²) in [5, 5.41) is 8.83. The molecule has 3 N–H and O–H groups in total. The summed E-state index contributed by atoms with van der Waals surface area (Å²) < 4.78 is 0. The maximum absolute atomic E-state index is 12.6. The summed E-state index contributed by atoms with van der Waals surface area (Å²) in [7, 11) is 1.81. The van der Waals surface area contributed by atoms with Crippen molar-refractivity contribution in [2.45, 2.75) is 66.0 Å². The fourth-order valence-electron chi connectivity index (χ4n) is 2.15. The number of pyridine rings is 1. The van der Waals surface area contributed by atoms with E-state index in [0.717, 1.165) is 11.5 Å². The molecule has 0 aliphatic carbocycles. The summed E-state index contributed by atoms with van der Waals surface area (Å²) in [4.78, 5) is 29.4. The lowest BCUT2D eigenvalue weighted by atomic mass is 9.94. The second-order valence-corrected chi connectivity index (χ2v) is 8.32. The number of hydrogen-bond acceptors (Lipinski definition) is 4. The maximum atomic E-state index is 12.6. The third kappa shape index (κ3) is 7.54. The Morgan fingerprint density at radius 2 is 1.76 bits per heavy atom. The van der Waals surface area contributed by atoms with Crippen molar-refractivity contribution in [3.63, 3.8) is 0 Å². The molecule has 0 aromatic carbocycles. The highest BCUT2D eigenvalue weighted by Crippen LogP contribution is 2.15. The molecule has 1 aromatic heterocycles. The van der Waals surface area contributed by atoms with Crippen LogP contribution in [-0.2, 0) is 16.0 Å². The van der Waals surface area contributed by atoms with Crippen LogP contribution >= 0.6 is 0 Å². The monoisotopic (exact) mass is 348 g/mol. The van der Waals surface area contributed by atoms with Crippen LogP contribution in [-0.4, -0.2) is 35.4 Å². The van der Waals surface area contributed by atoms with E-state index < -0.39 is 11.5 Å². The molecule has 25 heavy (non-hydrogen) atoms. The number of carbonyl (C=O) groups excluding carboxylic acids is 2. The van der Waals surface area contributed by atoms with E-state index in [-0.39, 0.29) is 17.4 Å². The second-order valence-electron chi connectivity index (χ2n) is 8.32. The first kappa shape index (κ1) is 20.9. The molecule has 0 radical (unpaired) electrons. The van der Waals surface area contributed by atoms with Crippen molar-refractivity contribution in [2.24, 2.45) is 5.41 Å². The van der Waals surface area contributed by atoms with Crippen molar-refractivity contribution in [1.29, 1.82) is 0 Å². The smallest absolute Gasteiger partial charge is 0.242 e. The van der Waals surface area contributed by atoms with Crippen molar-refractivity contribution >= 4 is 17.6 Å². The molecule has 1 heterocycles. The van der Waals surface area contributed by atoms with Gasteiger partial charge >= 0.3 is 0 Å². The van der Waals surface area contributed by atoms with Gasteiger partial charge in [0.05, 0.1) is 0 Å². The Balaban J connectivity index is 2.86. The molecule has 1 rings (SSSR count). The summed E-state index contributed by atoms with van der Waals surface area (Å²) in [5.41, 5.74) is -0.0261. The lowest BCUT2D eigenvalue weighted by Crippen LogP contribution is -2.54. The highest BCUT2D eigenvalue weighted by Gasteiger charge is 2.29. The predicted octanol–water partition coefficient (Wildman–Crippen LogP) is 2.50. The predicted molar refractivity (Wildman–Crippen MR) is 101 cm³/mol. The average Bonchev–Trinajstić information content (AvgIpc) is 2.48. The number of amides is 2. The average molecular weight is 348 g/mol. The van der Waals surface area contributed by atoms with Gasteiger partial charge in [0.1, 0.15) is 11.9 Å². The Hall–Kier alpha value is -2.11. The highest BCUT2D eigenvalue weighted by atomic mass is 16.2. The fourth-order valence-corrected chi connectivity index (χ4v) is 2.15. The van der Waals surface area contributed by atoms with Crippen molar-refractivity contribution in [3.8, 4) is 0 Å². The van der Waals surface area contributed by atoms with Gasteiger partial charge in [-0.1, -0.05) is 26.8 Å². The summed E-state index contributed by atoms with van der Waals surface area (Å²) in [6.45, 7) is 11.3. The molecule has 6 nitrogen and oxygen atoms in total. The number of carbonyl (C=O) groups is 2. The van der Waals surface area contributed by atoms with E-state index in [1.165, 1.54) is 0 Å². The Labute approximate surface area is 151 Å². The van der Waals surface area contributed by atoms with E-state index in [2.05, 4.69) is 20.9 Å². The molecule has 0 unspecified atom stereocenters. The third-order valence-corrected chi connectivity index (χ3v) is 3.55. The van der Waals surface area contributed by atoms with Gasteiger partial charge in [-0.3, -0.25) is 9.59 Å². The molecule has 0 bridgehead atoms. The van der Waals surface area contributed by atoms with Crippen LogP contribution in [0.5, 0.6) is 0 Å². The highest BCUT2D eigenvalue weighted by molar-refractivity contribution is 5.89. The van der Waals surface area contributed by atoms with E-state index in [1.807, 2.05) is 66.8 Å². The van der Waals surface area contributed by atoms with Crippen molar-refractivity contribution in [3.05, 3.63) is 23.9 Å². The van der Waals surface area contributed by atoms with E-state index in [1.54, 1.807) is 0 Å². The topological polar surface area (TPSA) is 83.1 Å². The van der Waals surface area contributed by atoms with Crippen LogP contribution in [0.4, 0.5) is 5.82 Å². The number of nitrogens with zero attached hydrogens (tertiary/aromatic N) is 1. The fraction of sp³-hybridized carbons (Fsp3) is 0.632. The van der Waals surface area contributed by atoms with Gasteiger partial charge in [-0.15, -0.1) is 0 Å². The summed E-state index contributed by atoms with van der Waals surface area (Å²) in [6, 6.07) is 5.14. The van der Waals surface area contributed by atoms with Gasteiger partial charge in [0.2, 0.25) is 11.8 Å². The van der Waals surface area contributed by atoms with E-state index in [9.17, 15) is 9.59 Å². The number of nitrogens with one attached hydrogen (secondary N) is 3. The van der Waals surface area contributed by atoms with Crippen molar-refractivity contribution in [1.82, 2.24) is 15.6 Å². The maximum Gasteiger partial charge on any atom is 0.242 e. The lowest BCUT2D eigenvalue weighted by molar-refractivity contribution is -0.134. The molecule has 0 fully saturated rings. The molecular formula is C19H32N4O2. The molecule has 0 saturated carbocycles. The minimum Gasteiger partial charge on any atom is -0.373 e. The van der Waals surface area contributed by atoms with Gasteiger partial charge in [-0.2, -0.15) is 0 Å². The van der Waals surface area contributed by atoms with Crippen LogP contribution in [0.15, 0.2) is 18.2 Å². The normalized spacial score (nSPS) is 13.1. The van der Waals surface area contributed by atoms with Crippen LogP contribution in [0.25, 0.3) is 0 Å². The summed E-state index contributed by atoms with van der Waals surface area (Å²) in [6.07, 6.45) is 1.09. The zero-order chi connectivity index (χ0) is 19.3. The number of anilines is 1. The number of aromatic nitrogens is 1. The largest absolute Gasteiger partial charge is 0.373 e. The standard InChI is InChI=1S/C19H32N4O2/c1-18(2,3)17(25)22-14(16(24)23-19(4,5)6)12-11-13-9-8-10-15(20-7)21-13/h8-10,14H,11-12H2,1-7H3,(H,20,21)(H,22,25)(H,23,24)/t14-/m0/s1. The van der Waals surface area contributed by atoms with Gasteiger partial charge in [-0.05, 0) is 45.7 Å². The Bertz CT molecular complexity index is 600. The molecule has 0 aliphatic heterocycles. The van der Waals surface area contributed by atoms with Crippen LogP contribution in [0.1, 0.15) is 53.7 Å². The molecule has 1 aromatic rings. The Morgan fingerprint density at radius 3 is 2.28 bits per heavy atom. The molecule has 0 aliphatic rings. The molecule has 0 spiro atoms. The van der Waals surface area contributed by atoms with E-state index in [0.29, 0.717) is 12.8 Å². The molecule has 140 valence electrons. The second kappa shape index (κ2) is 8.32. The first-order valence-corrected chi connectivity index (χ1v) is 8.69. The number of hydrogen-bond donors (Lipinski definition) is 3. The summed E-state index contributed by atoms with van der Waals surface area (Å²) >= 11 is 0. The zero-order valence-corrected chi connectivity index (χ0v) is 16.5. The summed E-state index contributed by atoms with van der Waals surface area (Å²) in [5.74, 6) is 0.472. The van der Waals surface area contributed by atoms with E-state index in [4.69, 9.17) is 0 Å². The first-order valence-electron chi connectivity index (χ1n) is 8.69. The van der Waals surface area contributed by atoms with Crippen LogP contribution in [0.2, 0.25) is 0 Å². The Morgan fingerprint density at radius 1 is 1.12 bits per heavy atom. The van der Waals surface area contributed by atoms with Crippen LogP contribution in [0.3, 0.4) is 0 Å². The molecule has 2 amide bonds. The van der Waals surface area contributed by atoms with Crippen LogP contribution < -0.4 is 16.0 Å². The minimum absolute atomic E-state index is 0.140. The molecule has 6 heteroatoms. The van der Waals surface area contributed by atoms with Gasteiger partial charge < -0.3 is 16.0 Å². The molecule has 1 atom stereocenters. The van der Waals surface area contributed by atoms with Crippen molar-refractivity contribution in [2.75, 3.05) is 12.4 Å². The zero-order valence-electron chi connectivity index (χ0n) is 16.5. The van der Waals surface area contributed by atoms with Gasteiger partial charge in [-0.25, -0.2) is 4.98 Å². The number of aryl methyl sites for hydroxylation is 1. The molecule has 0 saturated heterocycles. The first-order chi connectivity index (χ1) is 11.4. The van der Waals surface area contributed by atoms with Gasteiger partial charge in [0.25, 0.3) is 0 Å². The lowest BCUT2D eigenvalue weighted by Gasteiger charge is -2.27. The van der Waals surface area contributed by atoms with E-state index >= 15 is 0 Å². The van der Waals surface area contributed by atoms with Gasteiger partial charge in [0.15, 0.2) is 0 Å². The number of rotatable bonds is 6. The van der Waals surface area contributed by atoms with Gasteiger partial charge in [0, 0.05) is 23.7 Å². The Kier molecular flexibility index (Phi) is 6.96. The molecular weight excluding hydrogens is 316 g/mol. The SMILES string of the molecule is CNc1cccc(CC[C@H](NC(=O)C(C)(C)C)C(=O)NC(C)(C)C)n1. The third-order valence-electron chi connectivity index (χ3n) is 3.55. The minimum atomic E-state index is -0.592. The quantitative estimate of drug-likeness (QED) is 0.737.